The minimum atomic E-state index is -0.918. The Hall–Kier alpha value is -2.41. The normalized spacial score (nSPS) is 11.3. The molecular formula is C16H23N5O2. The molecule has 0 aliphatic carbocycles. The summed E-state index contributed by atoms with van der Waals surface area (Å²) in [5.74, 6) is 0.748. The number of aliphatic hydroxyl groups is 1. The number of nitrogens with one attached hydrogen (secondary N) is 1. The van der Waals surface area contributed by atoms with Crippen LogP contribution in [0.15, 0.2) is 37.1 Å². The predicted octanol–water partition coefficient (Wildman–Crippen LogP) is 1.57. The number of nitrogens with zero attached hydrogens (tertiary/aromatic N) is 4. The van der Waals surface area contributed by atoms with Gasteiger partial charge in [-0.05, 0) is 38.5 Å². The number of likely N-dealkylation sites (N-methyl/N-ethyl adjacent to an activating group) is 1. The van der Waals surface area contributed by atoms with E-state index in [4.69, 9.17) is 0 Å². The summed E-state index contributed by atoms with van der Waals surface area (Å²) in [6, 6.07) is 3.55. The van der Waals surface area contributed by atoms with Crippen molar-refractivity contribution in [2.24, 2.45) is 0 Å². The fraction of sp³-hybridized carbons (Fsp3) is 0.438. The van der Waals surface area contributed by atoms with Crippen molar-refractivity contribution in [3.05, 3.63) is 42.6 Å². The molecule has 7 heteroatoms. The fourth-order valence-electron chi connectivity index (χ4n) is 2.19. The Morgan fingerprint density at radius 2 is 2.22 bits per heavy atom. The molecule has 2 N–H and O–H groups in total. The van der Waals surface area contributed by atoms with E-state index < -0.39 is 5.60 Å². The molecule has 0 aliphatic rings. The van der Waals surface area contributed by atoms with Crippen LogP contribution < -0.4 is 5.32 Å². The van der Waals surface area contributed by atoms with Crippen LogP contribution in [0.1, 0.15) is 26.3 Å². The molecule has 0 aromatic carbocycles. The van der Waals surface area contributed by atoms with Crippen molar-refractivity contribution in [1.82, 2.24) is 24.8 Å². The highest BCUT2D eigenvalue weighted by atomic mass is 16.3. The molecule has 0 fully saturated rings. The van der Waals surface area contributed by atoms with Gasteiger partial charge in [0.15, 0.2) is 0 Å². The lowest BCUT2D eigenvalue weighted by Crippen LogP contribution is -2.46. The molecule has 0 saturated heterocycles. The SMILES string of the molecule is CCN(CC(C)(C)O)C(=O)NCc1ccnc(-n2ccnc2)c1. The smallest absolute Gasteiger partial charge is 0.317 e. The lowest BCUT2D eigenvalue weighted by atomic mass is 10.1. The fourth-order valence-corrected chi connectivity index (χ4v) is 2.19. The second-order valence-electron chi connectivity index (χ2n) is 5.98. The molecule has 2 aromatic heterocycles. The van der Waals surface area contributed by atoms with Crippen LogP contribution in [0.3, 0.4) is 0 Å². The topological polar surface area (TPSA) is 83.3 Å². The summed E-state index contributed by atoms with van der Waals surface area (Å²) in [6.07, 6.45) is 6.87. The first-order valence-electron chi connectivity index (χ1n) is 7.57. The monoisotopic (exact) mass is 317 g/mol. The Morgan fingerprint density at radius 1 is 1.43 bits per heavy atom. The lowest BCUT2D eigenvalue weighted by Gasteiger charge is -2.28. The Labute approximate surface area is 136 Å². The van der Waals surface area contributed by atoms with Crippen LogP contribution in [-0.4, -0.2) is 49.3 Å². The number of amides is 2. The summed E-state index contributed by atoms with van der Waals surface area (Å²) in [5, 5.41) is 12.7. The Bertz CT molecular complexity index is 634. The minimum absolute atomic E-state index is 0.199. The van der Waals surface area contributed by atoms with Crippen molar-refractivity contribution in [1.29, 1.82) is 0 Å². The van der Waals surface area contributed by atoms with Crippen molar-refractivity contribution in [2.75, 3.05) is 13.1 Å². The molecule has 2 amide bonds. The van der Waals surface area contributed by atoms with Crippen LogP contribution in [0.2, 0.25) is 0 Å². The highest BCUT2D eigenvalue weighted by Crippen LogP contribution is 2.08. The number of imidazole rings is 1. The quantitative estimate of drug-likeness (QED) is 0.847. The van der Waals surface area contributed by atoms with E-state index in [-0.39, 0.29) is 12.6 Å². The number of pyridine rings is 1. The predicted molar refractivity (Wildman–Crippen MR) is 87.1 cm³/mol. The molecule has 2 rings (SSSR count). The van der Waals surface area contributed by atoms with E-state index in [1.165, 1.54) is 0 Å². The first-order chi connectivity index (χ1) is 10.9. The zero-order chi connectivity index (χ0) is 16.9. The Kier molecular flexibility index (Phi) is 5.33. The van der Waals surface area contributed by atoms with Crippen molar-refractivity contribution < 1.29 is 9.90 Å². The zero-order valence-electron chi connectivity index (χ0n) is 13.7. The van der Waals surface area contributed by atoms with Gasteiger partial charge in [-0.25, -0.2) is 14.8 Å². The zero-order valence-corrected chi connectivity index (χ0v) is 13.7. The number of rotatable bonds is 6. The van der Waals surface area contributed by atoms with E-state index in [0.717, 1.165) is 11.4 Å². The van der Waals surface area contributed by atoms with E-state index in [2.05, 4.69) is 15.3 Å². The molecule has 7 nitrogen and oxygen atoms in total. The Balaban J connectivity index is 1.97. The number of hydrogen-bond donors (Lipinski definition) is 2. The van der Waals surface area contributed by atoms with Crippen molar-refractivity contribution >= 4 is 6.03 Å². The van der Waals surface area contributed by atoms with E-state index in [9.17, 15) is 9.90 Å². The number of hydrogen-bond acceptors (Lipinski definition) is 4. The lowest BCUT2D eigenvalue weighted by molar-refractivity contribution is 0.0480. The van der Waals surface area contributed by atoms with Gasteiger partial charge in [0.1, 0.15) is 12.1 Å². The van der Waals surface area contributed by atoms with Gasteiger partial charge in [-0.15, -0.1) is 0 Å². The van der Waals surface area contributed by atoms with Gasteiger partial charge in [0.25, 0.3) is 0 Å². The average molecular weight is 317 g/mol. The maximum absolute atomic E-state index is 12.2. The van der Waals surface area contributed by atoms with Crippen molar-refractivity contribution in [3.63, 3.8) is 0 Å². The molecule has 2 aromatic rings. The van der Waals surface area contributed by atoms with Crippen LogP contribution in [0.5, 0.6) is 0 Å². The third-order valence-electron chi connectivity index (χ3n) is 3.27. The van der Waals surface area contributed by atoms with Gasteiger partial charge in [0.2, 0.25) is 0 Å². The molecule has 0 atom stereocenters. The van der Waals surface area contributed by atoms with Gasteiger partial charge >= 0.3 is 6.03 Å². The van der Waals surface area contributed by atoms with E-state index in [0.29, 0.717) is 13.1 Å². The molecule has 0 unspecified atom stereocenters. The summed E-state index contributed by atoms with van der Waals surface area (Å²) in [4.78, 5) is 22.1. The van der Waals surface area contributed by atoms with E-state index >= 15 is 0 Å². The highest BCUT2D eigenvalue weighted by Gasteiger charge is 2.20. The molecule has 0 radical (unpaired) electrons. The third-order valence-corrected chi connectivity index (χ3v) is 3.27. The first kappa shape index (κ1) is 17.0. The Morgan fingerprint density at radius 3 is 2.83 bits per heavy atom. The van der Waals surface area contributed by atoms with Crippen LogP contribution >= 0.6 is 0 Å². The van der Waals surface area contributed by atoms with Crippen LogP contribution in [-0.2, 0) is 6.54 Å². The largest absolute Gasteiger partial charge is 0.389 e. The molecule has 0 bridgehead atoms. The molecule has 0 aliphatic heterocycles. The van der Waals surface area contributed by atoms with Gasteiger partial charge in [-0.2, -0.15) is 0 Å². The molecule has 2 heterocycles. The maximum atomic E-state index is 12.2. The first-order valence-corrected chi connectivity index (χ1v) is 7.57. The van der Waals surface area contributed by atoms with Crippen LogP contribution in [0, 0.1) is 0 Å². The van der Waals surface area contributed by atoms with Crippen molar-refractivity contribution in [2.45, 2.75) is 32.9 Å². The van der Waals surface area contributed by atoms with Gasteiger partial charge in [0.05, 0.1) is 12.1 Å². The molecule has 0 saturated carbocycles. The average Bonchev–Trinajstić information content (AvgIpc) is 3.04. The van der Waals surface area contributed by atoms with Crippen LogP contribution in [0.25, 0.3) is 5.82 Å². The summed E-state index contributed by atoms with van der Waals surface area (Å²) >= 11 is 0. The standard InChI is InChI=1S/C16H23N5O2/c1-4-20(11-16(2,3)23)15(22)19-10-13-5-6-18-14(9-13)21-8-7-17-12-21/h5-9,12,23H,4,10-11H2,1-3H3,(H,19,22). The van der Waals surface area contributed by atoms with Crippen LogP contribution in [0.4, 0.5) is 4.79 Å². The van der Waals surface area contributed by atoms with Gasteiger partial charge in [0, 0.05) is 31.7 Å². The minimum Gasteiger partial charge on any atom is -0.389 e. The second-order valence-corrected chi connectivity index (χ2v) is 5.98. The molecule has 124 valence electrons. The molecular weight excluding hydrogens is 294 g/mol. The highest BCUT2D eigenvalue weighted by molar-refractivity contribution is 5.74. The van der Waals surface area contributed by atoms with E-state index in [1.807, 2.05) is 25.3 Å². The van der Waals surface area contributed by atoms with Gasteiger partial charge in [-0.1, -0.05) is 0 Å². The second kappa shape index (κ2) is 7.23. The van der Waals surface area contributed by atoms with Crippen molar-refractivity contribution in [3.8, 4) is 5.82 Å². The van der Waals surface area contributed by atoms with Gasteiger partial charge in [-0.3, -0.25) is 4.57 Å². The number of urea groups is 1. The summed E-state index contributed by atoms with van der Waals surface area (Å²) in [6.45, 7) is 6.46. The summed E-state index contributed by atoms with van der Waals surface area (Å²) in [7, 11) is 0. The number of carbonyl (C=O) groups excluding carboxylic acids is 1. The third kappa shape index (κ3) is 5.07. The summed E-state index contributed by atoms with van der Waals surface area (Å²) in [5.41, 5.74) is 0.0230. The maximum Gasteiger partial charge on any atom is 0.317 e. The van der Waals surface area contributed by atoms with E-state index in [1.54, 1.807) is 42.0 Å². The summed E-state index contributed by atoms with van der Waals surface area (Å²) < 4.78 is 1.80. The number of aromatic nitrogens is 3. The molecule has 0 spiro atoms. The molecule has 23 heavy (non-hydrogen) atoms. The number of carbonyl (C=O) groups is 1. The van der Waals surface area contributed by atoms with Gasteiger partial charge < -0.3 is 15.3 Å².